The molecule has 0 unspecified atom stereocenters. The van der Waals surface area contributed by atoms with E-state index in [-0.39, 0.29) is 6.61 Å². The number of fused-ring (bicyclic) bond motifs is 1. The van der Waals surface area contributed by atoms with Crippen molar-refractivity contribution in [1.82, 2.24) is 4.90 Å². The molecule has 0 bridgehead atoms. The Morgan fingerprint density at radius 3 is 2.32 bits per heavy atom. The molecule has 0 spiro atoms. The number of ether oxygens (including phenoxy) is 2. The Balaban J connectivity index is 1.37. The highest BCUT2D eigenvalue weighted by atomic mass is 32.1. The van der Waals surface area contributed by atoms with Gasteiger partial charge in [0.1, 0.15) is 11.4 Å². The average Bonchev–Trinajstić information content (AvgIpc) is 3.05. The number of rotatable bonds is 6. The first-order valence-electron chi connectivity index (χ1n) is 12.3. The van der Waals surface area contributed by atoms with Crippen LogP contribution in [0.4, 0.5) is 13.2 Å². The quantitative estimate of drug-likeness (QED) is 0.319. The Bertz CT molecular complexity index is 1240. The fraction of sp³-hybridized carbons (Fsp3) is 0.414. The minimum atomic E-state index is -4.33. The molecule has 1 aromatic heterocycles. The molecule has 4 nitrogen and oxygen atoms in total. The third-order valence-electron chi connectivity index (χ3n) is 6.38. The normalized spacial score (nSPS) is 14.7. The van der Waals surface area contributed by atoms with Crippen LogP contribution in [0.2, 0.25) is 0 Å². The zero-order valence-electron chi connectivity index (χ0n) is 21.6. The van der Waals surface area contributed by atoms with Gasteiger partial charge in [-0.15, -0.1) is 11.3 Å². The summed E-state index contributed by atoms with van der Waals surface area (Å²) in [7, 11) is 0. The summed E-state index contributed by atoms with van der Waals surface area (Å²) >= 11 is 1.65. The number of hydrogen-bond donors (Lipinski definition) is 0. The Hall–Kier alpha value is -2.84. The first-order chi connectivity index (χ1) is 17.4. The summed E-state index contributed by atoms with van der Waals surface area (Å²) in [6.07, 6.45) is -2.55. The Morgan fingerprint density at radius 1 is 1.00 bits per heavy atom. The third kappa shape index (κ3) is 7.14. The van der Waals surface area contributed by atoms with Gasteiger partial charge in [-0.3, -0.25) is 4.90 Å². The Labute approximate surface area is 220 Å². The molecule has 0 saturated heterocycles. The number of carbonyl (C=O) groups is 1. The van der Waals surface area contributed by atoms with E-state index in [1.807, 2.05) is 45.2 Å². The highest BCUT2D eigenvalue weighted by Crippen LogP contribution is 2.35. The van der Waals surface area contributed by atoms with Crippen molar-refractivity contribution in [2.24, 2.45) is 0 Å². The van der Waals surface area contributed by atoms with Gasteiger partial charge >= 0.3 is 12.1 Å². The van der Waals surface area contributed by atoms with Crippen molar-refractivity contribution >= 4 is 17.3 Å². The van der Waals surface area contributed by atoms with Gasteiger partial charge in [-0.1, -0.05) is 18.2 Å². The highest BCUT2D eigenvalue weighted by molar-refractivity contribution is 7.10. The van der Waals surface area contributed by atoms with E-state index in [0.29, 0.717) is 5.75 Å². The van der Waals surface area contributed by atoms with Crippen molar-refractivity contribution < 1.29 is 27.4 Å². The van der Waals surface area contributed by atoms with Gasteiger partial charge in [0.2, 0.25) is 0 Å². The van der Waals surface area contributed by atoms with Crippen molar-refractivity contribution in [3.63, 3.8) is 0 Å². The number of thiophene rings is 1. The van der Waals surface area contributed by atoms with Crippen LogP contribution in [0.25, 0.3) is 11.1 Å². The molecule has 2 aromatic carbocycles. The molecule has 0 amide bonds. The summed E-state index contributed by atoms with van der Waals surface area (Å²) in [5, 5.41) is 2.04. The number of halogens is 3. The van der Waals surface area contributed by atoms with E-state index in [1.165, 1.54) is 16.0 Å². The second kappa shape index (κ2) is 10.9. The number of carbonyl (C=O) groups excluding carboxylic acids is 1. The van der Waals surface area contributed by atoms with Crippen LogP contribution in [-0.2, 0) is 35.1 Å². The molecule has 8 heteroatoms. The van der Waals surface area contributed by atoms with E-state index < -0.39 is 23.3 Å². The van der Waals surface area contributed by atoms with Gasteiger partial charge in [0.25, 0.3) is 0 Å². The molecule has 3 aromatic rings. The molecule has 4 rings (SSSR count). The van der Waals surface area contributed by atoms with E-state index in [0.717, 1.165) is 61.3 Å². The predicted molar refractivity (Wildman–Crippen MR) is 140 cm³/mol. The second-order valence-corrected chi connectivity index (χ2v) is 11.3. The fourth-order valence-electron chi connectivity index (χ4n) is 4.45. The molecule has 1 aliphatic heterocycles. The molecular formula is C29H32F3NO3S. The van der Waals surface area contributed by atoms with Crippen LogP contribution >= 0.6 is 11.3 Å². The summed E-state index contributed by atoms with van der Waals surface area (Å²) in [6, 6.07) is 11.4. The minimum absolute atomic E-state index is 0.124. The summed E-state index contributed by atoms with van der Waals surface area (Å²) in [4.78, 5) is 15.6. The van der Waals surface area contributed by atoms with E-state index in [4.69, 9.17) is 9.47 Å². The zero-order chi connectivity index (χ0) is 26.8. The third-order valence-corrected chi connectivity index (χ3v) is 7.45. The summed E-state index contributed by atoms with van der Waals surface area (Å²) < 4.78 is 49.7. The fourth-order valence-corrected chi connectivity index (χ4v) is 5.57. The molecule has 37 heavy (non-hydrogen) atoms. The average molecular weight is 532 g/mol. The first kappa shape index (κ1) is 27.2. The summed E-state index contributed by atoms with van der Waals surface area (Å²) in [5.41, 5.74) is 4.22. The lowest BCUT2D eigenvalue weighted by Crippen LogP contribution is -2.27. The SMILES string of the molecule is Cc1c(-c2ccc(C(F)(F)F)cc2)csc1CN1CCc2ccc(OCC(=O)OC(C)(C)C)cc2CC1. The lowest BCUT2D eigenvalue weighted by Gasteiger charge is -2.19. The van der Waals surface area contributed by atoms with Crippen LogP contribution in [0.3, 0.4) is 0 Å². The van der Waals surface area contributed by atoms with Crippen LogP contribution in [0.5, 0.6) is 5.75 Å². The lowest BCUT2D eigenvalue weighted by atomic mass is 10.0. The van der Waals surface area contributed by atoms with Gasteiger partial charge in [-0.25, -0.2) is 4.79 Å². The van der Waals surface area contributed by atoms with E-state index in [9.17, 15) is 18.0 Å². The van der Waals surface area contributed by atoms with Gasteiger partial charge < -0.3 is 9.47 Å². The topological polar surface area (TPSA) is 38.8 Å². The van der Waals surface area contributed by atoms with Crippen LogP contribution in [0.1, 0.15) is 47.9 Å². The van der Waals surface area contributed by atoms with Crippen molar-refractivity contribution in [3.05, 3.63) is 75.0 Å². The predicted octanol–water partition coefficient (Wildman–Crippen LogP) is 7.06. The van der Waals surface area contributed by atoms with Gasteiger partial charge in [0.15, 0.2) is 6.61 Å². The van der Waals surface area contributed by atoms with Gasteiger partial charge in [0.05, 0.1) is 5.56 Å². The van der Waals surface area contributed by atoms with Crippen molar-refractivity contribution in [1.29, 1.82) is 0 Å². The molecule has 0 saturated carbocycles. The standard InChI is InChI=1S/C29H32F3NO3S/c1-19-25(21-5-8-23(9-6-21)29(30,31)32)18-37-26(19)16-33-13-11-20-7-10-24(15-22(20)12-14-33)35-17-27(34)36-28(2,3)4/h5-10,15,18H,11-14,16-17H2,1-4H3. The molecule has 1 aliphatic rings. The lowest BCUT2D eigenvalue weighted by molar-refractivity contribution is -0.157. The van der Waals surface area contributed by atoms with E-state index in [1.54, 1.807) is 23.5 Å². The molecule has 0 radical (unpaired) electrons. The maximum Gasteiger partial charge on any atom is 0.416 e. The first-order valence-corrected chi connectivity index (χ1v) is 13.2. The molecular weight excluding hydrogens is 499 g/mol. The van der Waals surface area contributed by atoms with Crippen molar-refractivity contribution in [2.45, 2.75) is 58.9 Å². The molecule has 198 valence electrons. The number of benzene rings is 2. The largest absolute Gasteiger partial charge is 0.482 e. The summed E-state index contributed by atoms with van der Waals surface area (Å²) in [6.45, 7) is 9.99. The monoisotopic (exact) mass is 531 g/mol. The molecule has 0 atom stereocenters. The highest BCUT2D eigenvalue weighted by Gasteiger charge is 2.30. The second-order valence-electron chi connectivity index (χ2n) is 10.4. The van der Waals surface area contributed by atoms with Crippen molar-refractivity contribution in [2.75, 3.05) is 19.7 Å². The van der Waals surface area contributed by atoms with Crippen LogP contribution < -0.4 is 4.74 Å². The summed E-state index contributed by atoms with van der Waals surface area (Å²) in [5.74, 6) is 0.268. The Kier molecular flexibility index (Phi) is 7.99. The van der Waals surface area contributed by atoms with Gasteiger partial charge in [-0.05, 0) is 98.0 Å². The van der Waals surface area contributed by atoms with E-state index in [2.05, 4.69) is 11.0 Å². The smallest absolute Gasteiger partial charge is 0.416 e. The zero-order valence-corrected chi connectivity index (χ0v) is 22.4. The minimum Gasteiger partial charge on any atom is -0.482 e. The van der Waals surface area contributed by atoms with E-state index >= 15 is 0 Å². The number of alkyl halides is 3. The maximum absolute atomic E-state index is 12.9. The van der Waals surface area contributed by atoms with Gasteiger partial charge in [-0.2, -0.15) is 13.2 Å². The molecule has 0 fully saturated rings. The molecule has 0 aliphatic carbocycles. The molecule has 2 heterocycles. The number of esters is 1. The number of nitrogens with zero attached hydrogens (tertiary/aromatic N) is 1. The van der Waals surface area contributed by atoms with Crippen LogP contribution in [-0.4, -0.2) is 36.2 Å². The van der Waals surface area contributed by atoms with Crippen LogP contribution in [0.15, 0.2) is 47.8 Å². The Morgan fingerprint density at radius 2 is 1.68 bits per heavy atom. The van der Waals surface area contributed by atoms with Crippen LogP contribution in [0, 0.1) is 6.92 Å². The van der Waals surface area contributed by atoms with Crippen molar-refractivity contribution in [3.8, 4) is 16.9 Å². The maximum atomic E-state index is 12.9. The number of hydrogen-bond acceptors (Lipinski definition) is 5. The molecule has 0 N–H and O–H groups in total. The van der Waals surface area contributed by atoms with Gasteiger partial charge in [0, 0.05) is 24.5 Å².